The van der Waals surface area contributed by atoms with Crippen molar-refractivity contribution in [2.45, 2.75) is 25.1 Å². The lowest BCUT2D eigenvalue weighted by Crippen LogP contribution is -2.49. The van der Waals surface area contributed by atoms with Gasteiger partial charge in [0.15, 0.2) is 0 Å². The van der Waals surface area contributed by atoms with Crippen LogP contribution in [-0.2, 0) is 0 Å². The van der Waals surface area contributed by atoms with E-state index in [4.69, 9.17) is 0 Å². The van der Waals surface area contributed by atoms with Gasteiger partial charge in [-0.1, -0.05) is 12.1 Å². The topological polar surface area (TPSA) is 18.5 Å². The molecule has 0 aliphatic carbocycles. The van der Waals surface area contributed by atoms with Crippen LogP contribution in [0.3, 0.4) is 0 Å². The molecule has 0 radical (unpaired) electrons. The van der Waals surface area contributed by atoms with E-state index in [1.807, 2.05) is 12.1 Å². The van der Waals surface area contributed by atoms with Crippen LogP contribution in [0.1, 0.15) is 24.4 Å². The monoisotopic (exact) mass is 313 g/mol. The quantitative estimate of drug-likeness (QED) is 0.926. The molecule has 3 rings (SSSR count). The number of benzene rings is 1. The standard InChI is InChI=1S/C16H22F3N3/c17-16(18,19)15(22-11-7-20-8-12-22)13-3-5-14(6-4-13)21-9-1-2-10-21/h3-6,15,20H,1-2,7-12H2/t15-/m1/s1. The second-order valence-electron chi connectivity index (χ2n) is 6.02. The Labute approximate surface area is 129 Å². The predicted octanol–water partition coefficient (Wildman–Crippen LogP) is 2.80. The zero-order valence-corrected chi connectivity index (χ0v) is 12.6. The first-order valence-corrected chi connectivity index (χ1v) is 7.92. The van der Waals surface area contributed by atoms with Gasteiger partial charge in [0.05, 0.1) is 0 Å². The molecule has 1 N–H and O–H groups in total. The van der Waals surface area contributed by atoms with Crippen LogP contribution in [0.4, 0.5) is 18.9 Å². The van der Waals surface area contributed by atoms with Gasteiger partial charge in [-0.25, -0.2) is 0 Å². The van der Waals surface area contributed by atoms with Gasteiger partial charge in [-0.2, -0.15) is 13.2 Å². The molecule has 2 aliphatic rings. The third-order valence-corrected chi connectivity index (χ3v) is 4.51. The number of halogens is 3. The number of piperazine rings is 1. The summed E-state index contributed by atoms with van der Waals surface area (Å²) in [6.45, 7) is 4.08. The first-order valence-electron chi connectivity index (χ1n) is 7.92. The first-order chi connectivity index (χ1) is 10.6. The van der Waals surface area contributed by atoms with Gasteiger partial charge in [0.1, 0.15) is 6.04 Å². The molecule has 0 unspecified atom stereocenters. The molecule has 1 atom stereocenters. The third-order valence-electron chi connectivity index (χ3n) is 4.51. The second-order valence-corrected chi connectivity index (χ2v) is 6.02. The van der Waals surface area contributed by atoms with Gasteiger partial charge in [0.2, 0.25) is 0 Å². The van der Waals surface area contributed by atoms with E-state index >= 15 is 0 Å². The molecule has 6 heteroatoms. The molecular formula is C16H22F3N3. The molecule has 22 heavy (non-hydrogen) atoms. The van der Waals surface area contributed by atoms with Crippen molar-refractivity contribution in [2.75, 3.05) is 44.2 Å². The summed E-state index contributed by atoms with van der Waals surface area (Å²) in [6.07, 6.45) is -1.92. The zero-order valence-electron chi connectivity index (χ0n) is 12.6. The van der Waals surface area contributed by atoms with E-state index in [-0.39, 0.29) is 0 Å². The van der Waals surface area contributed by atoms with Gasteiger partial charge in [-0.05, 0) is 30.5 Å². The summed E-state index contributed by atoms with van der Waals surface area (Å²) in [7, 11) is 0. The van der Waals surface area contributed by atoms with Crippen molar-refractivity contribution >= 4 is 5.69 Å². The Kier molecular flexibility index (Phi) is 4.59. The minimum absolute atomic E-state index is 0.345. The van der Waals surface area contributed by atoms with Crippen molar-refractivity contribution in [1.82, 2.24) is 10.2 Å². The summed E-state index contributed by atoms with van der Waals surface area (Å²) in [5.74, 6) is 0. The van der Waals surface area contributed by atoms with Crippen molar-refractivity contribution in [3.05, 3.63) is 29.8 Å². The molecule has 0 bridgehead atoms. The lowest BCUT2D eigenvalue weighted by atomic mass is 10.0. The smallest absolute Gasteiger partial charge is 0.372 e. The molecule has 3 nitrogen and oxygen atoms in total. The van der Waals surface area contributed by atoms with Gasteiger partial charge < -0.3 is 10.2 Å². The molecule has 2 saturated heterocycles. The summed E-state index contributed by atoms with van der Waals surface area (Å²) >= 11 is 0. The highest BCUT2D eigenvalue weighted by molar-refractivity contribution is 5.48. The molecule has 2 fully saturated rings. The molecule has 0 spiro atoms. The molecule has 1 aromatic rings. The molecule has 2 heterocycles. The van der Waals surface area contributed by atoms with Crippen LogP contribution in [0, 0.1) is 0 Å². The van der Waals surface area contributed by atoms with Crippen LogP contribution in [0.15, 0.2) is 24.3 Å². The van der Waals surface area contributed by atoms with Crippen LogP contribution in [0.25, 0.3) is 0 Å². The number of nitrogens with one attached hydrogen (secondary N) is 1. The van der Waals surface area contributed by atoms with E-state index < -0.39 is 12.2 Å². The molecular weight excluding hydrogens is 291 g/mol. The second kappa shape index (κ2) is 6.46. The normalized spacial score (nSPS) is 22.0. The Morgan fingerprint density at radius 3 is 2.05 bits per heavy atom. The third kappa shape index (κ3) is 3.38. The maximum atomic E-state index is 13.5. The molecule has 0 amide bonds. The van der Waals surface area contributed by atoms with Crippen LogP contribution < -0.4 is 10.2 Å². The van der Waals surface area contributed by atoms with Crippen molar-refractivity contribution in [3.8, 4) is 0 Å². The largest absolute Gasteiger partial charge is 0.408 e. The van der Waals surface area contributed by atoms with Crippen LogP contribution >= 0.6 is 0 Å². The zero-order chi connectivity index (χ0) is 15.6. The number of rotatable bonds is 3. The highest BCUT2D eigenvalue weighted by Gasteiger charge is 2.44. The maximum Gasteiger partial charge on any atom is 0.408 e. The minimum Gasteiger partial charge on any atom is -0.372 e. The van der Waals surface area contributed by atoms with E-state index in [9.17, 15) is 13.2 Å². The van der Waals surface area contributed by atoms with Crippen molar-refractivity contribution < 1.29 is 13.2 Å². The number of hydrogen-bond acceptors (Lipinski definition) is 3. The summed E-state index contributed by atoms with van der Waals surface area (Å²) in [6, 6.07) is 5.47. The highest BCUT2D eigenvalue weighted by Crippen LogP contribution is 2.38. The van der Waals surface area contributed by atoms with E-state index in [1.165, 1.54) is 4.90 Å². The average molecular weight is 313 g/mol. The minimum atomic E-state index is -4.24. The lowest BCUT2D eigenvalue weighted by Gasteiger charge is -2.36. The Bertz CT molecular complexity index is 474. The number of nitrogens with zero attached hydrogens (tertiary/aromatic N) is 2. The average Bonchev–Trinajstić information content (AvgIpc) is 3.02. The summed E-state index contributed by atoms with van der Waals surface area (Å²) in [5.41, 5.74) is 1.37. The Morgan fingerprint density at radius 1 is 0.909 bits per heavy atom. The summed E-state index contributed by atoms with van der Waals surface area (Å²) in [4.78, 5) is 3.76. The van der Waals surface area contributed by atoms with E-state index in [1.54, 1.807) is 12.1 Å². The molecule has 0 saturated carbocycles. The maximum absolute atomic E-state index is 13.5. The molecule has 1 aromatic carbocycles. The summed E-state index contributed by atoms with van der Waals surface area (Å²) < 4.78 is 40.6. The highest BCUT2D eigenvalue weighted by atomic mass is 19.4. The van der Waals surface area contributed by atoms with Gasteiger partial charge in [-0.15, -0.1) is 0 Å². The Hall–Kier alpha value is -1.27. The number of hydrogen-bond donors (Lipinski definition) is 1. The van der Waals surface area contributed by atoms with Gasteiger partial charge in [0.25, 0.3) is 0 Å². The Balaban J connectivity index is 1.81. The van der Waals surface area contributed by atoms with E-state index in [0.29, 0.717) is 31.7 Å². The fourth-order valence-corrected chi connectivity index (χ4v) is 3.39. The van der Waals surface area contributed by atoms with E-state index in [2.05, 4.69) is 10.2 Å². The first kappa shape index (κ1) is 15.6. The van der Waals surface area contributed by atoms with Crippen molar-refractivity contribution in [1.29, 1.82) is 0 Å². The van der Waals surface area contributed by atoms with Crippen LogP contribution in [-0.4, -0.2) is 50.3 Å². The summed E-state index contributed by atoms with van der Waals surface area (Å²) in [5, 5.41) is 3.10. The van der Waals surface area contributed by atoms with Crippen LogP contribution in [0.5, 0.6) is 0 Å². The van der Waals surface area contributed by atoms with Gasteiger partial charge >= 0.3 is 6.18 Å². The Morgan fingerprint density at radius 2 is 1.50 bits per heavy atom. The van der Waals surface area contributed by atoms with Crippen molar-refractivity contribution in [2.24, 2.45) is 0 Å². The SMILES string of the molecule is FC(F)(F)[C@@H](c1ccc(N2CCCC2)cc1)N1CCNCC1. The lowest BCUT2D eigenvalue weighted by molar-refractivity contribution is -0.187. The number of alkyl halides is 3. The van der Waals surface area contributed by atoms with E-state index in [0.717, 1.165) is 31.6 Å². The van der Waals surface area contributed by atoms with Gasteiger partial charge in [-0.3, -0.25) is 4.90 Å². The van der Waals surface area contributed by atoms with Crippen molar-refractivity contribution in [3.63, 3.8) is 0 Å². The molecule has 122 valence electrons. The van der Waals surface area contributed by atoms with Gasteiger partial charge in [0, 0.05) is 45.0 Å². The predicted molar refractivity (Wildman–Crippen MR) is 81.1 cm³/mol. The van der Waals surface area contributed by atoms with Crippen LogP contribution in [0.2, 0.25) is 0 Å². The fourth-order valence-electron chi connectivity index (χ4n) is 3.39. The molecule has 2 aliphatic heterocycles. The molecule has 0 aromatic heterocycles. The number of anilines is 1. The fraction of sp³-hybridized carbons (Fsp3) is 0.625.